The molecule has 4 rings (SSSR count). The SMILES string of the molecule is Cc1ccc2[nH]c(C(=O)NC3CCCc4c3cnn4C)cc2c1C. The summed E-state index contributed by atoms with van der Waals surface area (Å²) in [5.74, 6) is -0.0510. The lowest BCUT2D eigenvalue weighted by molar-refractivity contribution is 0.0928. The molecule has 1 atom stereocenters. The topological polar surface area (TPSA) is 62.7 Å². The summed E-state index contributed by atoms with van der Waals surface area (Å²) < 4.78 is 1.92. The number of aromatic nitrogens is 3. The monoisotopic (exact) mass is 322 g/mol. The Morgan fingerprint density at radius 2 is 2.21 bits per heavy atom. The summed E-state index contributed by atoms with van der Waals surface area (Å²) in [6, 6.07) is 6.12. The smallest absolute Gasteiger partial charge is 0.268 e. The first-order chi connectivity index (χ1) is 11.5. The van der Waals surface area contributed by atoms with Crippen LogP contribution in [0.5, 0.6) is 0 Å². The molecule has 24 heavy (non-hydrogen) atoms. The van der Waals surface area contributed by atoms with Gasteiger partial charge in [-0.05, 0) is 56.4 Å². The quantitative estimate of drug-likeness (QED) is 0.760. The third-order valence-corrected chi connectivity index (χ3v) is 5.27. The van der Waals surface area contributed by atoms with E-state index in [0.29, 0.717) is 5.69 Å². The molecular weight excluding hydrogens is 300 g/mol. The fourth-order valence-electron chi connectivity index (χ4n) is 3.67. The van der Waals surface area contributed by atoms with E-state index in [1.807, 2.05) is 30.1 Å². The predicted octanol–water partition coefficient (Wildman–Crippen LogP) is 3.33. The van der Waals surface area contributed by atoms with E-state index in [1.165, 1.54) is 16.8 Å². The lowest BCUT2D eigenvalue weighted by atomic mass is 9.93. The number of carbonyl (C=O) groups excluding carboxylic acids is 1. The van der Waals surface area contributed by atoms with Crippen molar-refractivity contribution in [3.8, 4) is 0 Å². The van der Waals surface area contributed by atoms with E-state index in [-0.39, 0.29) is 11.9 Å². The number of aryl methyl sites for hydroxylation is 3. The van der Waals surface area contributed by atoms with Crippen molar-refractivity contribution < 1.29 is 4.79 Å². The van der Waals surface area contributed by atoms with Crippen molar-refractivity contribution in [3.05, 3.63) is 52.5 Å². The van der Waals surface area contributed by atoms with E-state index in [2.05, 4.69) is 35.3 Å². The van der Waals surface area contributed by atoms with Gasteiger partial charge < -0.3 is 10.3 Å². The Morgan fingerprint density at radius 3 is 3.04 bits per heavy atom. The number of amides is 1. The number of hydrogen-bond acceptors (Lipinski definition) is 2. The number of nitrogens with one attached hydrogen (secondary N) is 2. The van der Waals surface area contributed by atoms with Gasteiger partial charge in [-0.3, -0.25) is 9.48 Å². The molecule has 3 aromatic rings. The summed E-state index contributed by atoms with van der Waals surface area (Å²) in [6.07, 6.45) is 4.95. The molecule has 0 saturated heterocycles. The van der Waals surface area contributed by atoms with Gasteiger partial charge in [0.1, 0.15) is 5.69 Å². The summed E-state index contributed by atoms with van der Waals surface area (Å²) in [7, 11) is 1.96. The maximum absolute atomic E-state index is 12.7. The molecule has 0 aliphatic heterocycles. The first kappa shape index (κ1) is 15.0. The van der Waals surface area contributed by atoms with Crippen molar-refractivity contribution in [2.45, 2.75) is 39.2 Å². The molecule has 1 unspecified atom stereocenters. The summed E-state index contributed by atoms with van der Waals surface area (Å²) in [5.41, 5.74) is 6.47. The lowest BCUT2D eigenvalue weighted by Crippen LogP contribution is -2.31. The minimum absolute atomic E-state index is 0.0456. The summed E-state index contributed by atoms with van der Waals surface area (Å²) >= 11 is 0. The molecule has 1 aliphatic rings. The Hall–Kier alpha value is -2.56. The van der Waals surface area contributed by atoms with Crippen LogP contribution in [-0.2, 0) is 13.5 Å². The van der Waals surface area contributed by atoms with E-state index < -0.39 is 0 Å². The van der Waals surface area contributed by atoms with E-state index in [0.717, 1.165) is 35.7 Å². The molecule has 1 aromatic carbocycles. The largest absolute Gasteiger partial charge is 0.351 e. The third-order valence-electron chi connectivity index (χ3n) is 5.27. The van der Waals surface area contributed by atoms with Crippen LogP contribution in [0.2, 0.25) is 0 Å². The fraction of sp³-hybridized carbons (Fsp3) is 0.368. The lowest BCUT2D eigenvalue weighted by Gasteiger charge is -2.23. The zero-order valence-corrected chi connectivity index (χ0v) is 14.3. The molecule has 124 valence electrons. The van der Waals surface area contributed by atoms with Gasteiger partial charge in [0.25, 0.3) is 5.91 Å². The average Bonchev–Trinajstić information content (AvgIpc) is 3.17. The second-order valence-corrected chi connectivity index (χ2v) is 6.74. The molecule has 5 heteroatoms. The fourth-order valence-corrected chi connectivity index (χ4v) is 3.67. The van der Waals surface area contributed by atoms with Crippen molar-refractivity contribution in [1.29, 1.82) is 0 Å². The van der Waals surface area contributed by atoms with Crippen LogP contribution in [-0.4, -0.2) is 20.7 Å². The van der Waals surface area contributed by atoms with Gasteiger partial charge in [0, 0.05) is 29.2 Å². The molecule has 0 saturated carbocycles. The number of aromatic amines is 1. The normalized spacial score (nSPS) is 17.0. The van der Waals surface area contributed by atoms with Crippen LogP contribution < -0.4 is 5.32 Å². The van der Waals surface area contributed by atoms with E-state index in [4.69, 9.17) is 0 Å². The Balaban J connectivity index is 1.62. The van der Waals surface area contributed by atoms with Crippen LogP contribution in [0.1, 0.15) is 51.8 Å². The van der Waals surface area contributed by atoms with Crippen LogP contribution in [0.25, 0.3) is 10.9 Å². The summed E-state index contributed by atoms with van der Waals surface area (Å²) in [6.45, 7) is 4.18. The van der Waals surface area contributed by atoms with Crippen molar-refractivity contribution >= 4 is 16.8 Å². The number of H-pyrrole nitrogens is 1. The van der Waals surface area contributed by atoms with Crippen molar-refractivity contribution in [1.82, 2.24) is 20.1 Å². The number of carbonyl (C=O) groups is 1. The summed E-state index contributed by atoms with van der Waals surface area (Å²) in [4.78, 5) is 16.0. The highest BCUT2D eigenvalue weighted by atomic mass is 16.1. The maximum Gasteiger partial charge on any atom is 0.268 e. The van der Waals surface area contributed by atoms with Gasteiger partial charge in [-0.1, -0.05) is 6.07 Å². The van der Waals surface area contributed by atoms with Gasteiger partial charge in [-0.2, -0.15) is 5.10 Å². The van der Waals surface area contributed by atoms with E-state index in [1.54, 1.807) is 0 Å². The Labute approximate surface area is 141 Å². The minimum atomic E-state index is -0.0510. The molecule has 2 N–H and O–H groups in total. The molecule has 1 amide bonds. The van der Waals surface area contributed by atoms with Crippen molar-refractivity contribution in [2.24, 2.45) is 7.05 Å². The number of benzene rings is 1. The van der Waals surface area contributed by atoms with Gasteiger partial charge in [-0.15, -0.1) is 0 Å². The molecule has 0 fully saturated rings. The van der Waals surface area contributed by atoms with Crippen LogP contribution >= 0.6 is 0 Å². The van der Waals surface area contributed by atoms with Gasteiger partial charge in [0.2, 0.25) is 0 Å². The van der Waals surface area contributed by atoms with Crippen molar-refractivity contribution in [2.75, 3.05) is 0 Å². The van der Waals surface area contributed by atoms with Gasteiger partial charge in [-0.25, -0.2) is 0 Å². The Bertz CT molecular complexity index is 934. The average molecular weight is 322 g/mol. The zero-order valence-electron chi connectivity index (χ0n) is 14.3. The van der Waals surface area contributed by atoms with E-state index >= 15 is 0 Å². The van der Waals surface area contributed by atoms with Gasteiger partial charge >= 0.3 is 0 Å². The molecule has 0 bridgehead atoms. The van der Waals surface area contributed by atoms with Crippen LogP contribution in [0, 0.1) is 13.8 Å². The van der Waals surface area contributed by atoms with Gasteiger partial charge in [0.05, 0.1) is 12.2 Å². The highest BCUT2D eigenvalue weighted by molar-refractivity contribution is 5.99. The second-order valence-electron chi connectivity index (χ2n) is 6.74. The Morgan fingerprint density at radius 1 is 1.38 bits per heavy atom. The zero-order chi connectivity index (χ0) is 16.8. The molecular formula is C19H22N4O. The molecule has 2 heterocycles. The number of rotatable bonds is 2. The molecule has 1 aliphatic carbocycles. The Kier molecular flexibility index (Phi) is 3.44. The summed E-state index contributed by atoms with van der Waals surface area (Å²) in [5, 5.41) is 8.63. The minimum Gasteiger partial charge on any atom is -0.351 e. The first-order valence-corrected chi connectivity index (χ1v) is 8.45. The predicted molar refractivity (Wildman–Crippen MR) is 94.1 cm³/mol. The van der Waals surface area contributed by atoms with Gasteiger partial charge in [0.15, 0.2) is 0 Å². The first-order valence-electron chi connectivity index (χ1n) is 8.45. The third kappa shape index (κ3) is 2.31. The van der Waals surface area contributed by atoms with Crippen LogP contribution in [0.4, 0.5) is 0 Å². The highest BCUT2D eigenvalue weighted by Gasteiger charge is 2.25. The second kappa shape index (κ2) is 5.51. The maximum atomic E-state index is 12.7. The van der Waals surface area contributed by atoms with E-state index in [9.17, 15) is 4.79 Å². The molecule has 0 radical (unpaired) electrons. The van der Waals surface area contributed by atoms with Crippen molar-refractivity contribution in [3.63, 3.8) is 0 Å². The van der Waals surface area contributed by atoms with Crippen LogP contribution in [0.15, 0.2) is 24.4 Å². The standard InChI is InChI=1S/C19H22N4O/c1-11-7-8-16-13(12(11)2)9-17(21-16)19(24)22-15-5-4-6-18-14(15)10-20-23(18)3/h7-10,15,21H,4-6H2,1-3H3,(H,22,24). The number of fused-ring (bicyclic) bond motifs is 2. The molecule has 5 nitrogen and oxygen atoms in total. The number of nitrogens with zero attached hydrogens (tertiary/aromatic N) is 2. The molecule has 2 aromatic heterocycles. The molecule has 0 spiro atoms. The number of hydrogen-bond donors (Lipinski definition) is 2. The van der Waals surface area contributed by atoms with Crippen LogP contribution in [0.3, 0.4) is 0 Å². The highest BCUT2D eigenvalue weighted by Crippen LogP contribution is 2.30.